The van der Waals surface area contributed by atoms with Gasteiger partial charge in [-0.05, 0) is 17.9 Å². The van der Waals surface area contributed by atoms with E-state index in [1.165, 1.54) is 24.8 Å². The third-order valence-electron chi connectivity index (χ3n) is 4.46. The monoisotopic (exact) mass is 294 g/mol. The fourth-order valence-corrected chi connectivity index (χ4v) is 2.79. The van der Waals surface area contributed by atoms with Gasteiger partial charge in [-0.2, -0.15) is 0 Å². The molecule has 4 heteroatoms. The van der Waals surface area contributed by atoms with Gasteiger partial charge in [0.15, 0.2) is 0 Å². The molecule has 1 atom stereocenters. The molecule has 3 rings (SSSR count). The van der Waals surface area contributed by atoms with Crippen LogP contribution in [0.4, 0.5) is 0 Å². The average molecular weight is 295 g/mol. The van der Waals surface area contributed by atoms with Crippen LogP contribution >= 0.6 is 12.4 Å². The molecule has 3 nitrogen and oxygen atoms in total. The van der Waals surface area contributed by atoms with Crippen molar-refractivity contribution < 1.29 is 4.79 Å². The number of amides is 1. The predicted molar refractivity (Wildman–Crippen MR) is 82.9 cm³/mol. The highest BCUT2D eigenvalue weighted by Crippen LogP contribution is 2.34. The second kappa shape index (κ2) is 7.09. The van der Waals surface area contributed by atoms with Crippen molar-refractivity contribution in [1.82, 2.24) is 10.6 Å². The molecule has 0 bridgehead atoms. The van der Waals surface area contributed by atoms with Crippen molar-refractivity contribution in [2.75, 3.05) is 13.1 Å². The summed E-state index contributed by atoms with van der Waals surface area (Å²) in [6.45, 7) is 1.66. The Bertz CT molecular complexity index is 429. The Hall–Kier alpha value is -1.06. The van der Waals surface area contributed by atoms with Gasteiger partial charge < -0.3 is 10.6 Å². The second-order valence-corrected chi connectivity index (χ2v) is 5.86. The Labute approximate surface area is 126 Å². The van der Waals surface area contributed by atoms with Crippen LogP contribution in [0.3, 0.4) is 0 Å². The topological polar surface area (TPSA) is 41.1 Å². The first-order valence-electron chi connectivity index (χ1n) is 7.39. The SMILES string of the molecule is Cl.O=C(NC(CC1CCC1)c1ccccc1)C1CNC1. The first kappa shape index (κ1) is 15.3. The van der Waals surface area contributed by atoms with Gasteiger partial charge in [0.05, 0.1) is 12.0 Å². The third-order valence-corrected chi connectivity index (χ3v) is 4.46. The van der Waals surface area contributed by atoms with Crippen molar-refractivity contribution >= 4 is 18.3 Å². The number of rotatable bonds is 5. The average Bonchev–Trinajstić information content (AvgIpc) is 2.31. The fourth-order valence-electron chi connectivity index (χ4n) is 2.79. The molecule has 0 spiro atoms. The van der Waals surface area contributed by atoms with E-state index >= 15 is 0 Å². The maximum absolute atomic E-state index is 12.1. The van der Waals surface area contributed by atoms with Crippen molar-refractivity contribution in [3.8, 4) is 0 Å². The summed E-state index contributed by atoms with van der Waals surface area (Å²) in [5.41, 5.74) is 1.25. The van der Waals surface area contributed by atoms with E-state index in [9.17, 15) is 4.79 Å². The van der Waals surface area contributed by atoms with Gasteiger partial charge in [0.2, 0.25) is 5.91 Å². The molecule has 1 amide bonds. The smallest absolute Gasteiger partial charge is 0.226 e. The van der Waals surface area contributed by atoms with Gasteiger partial charge in [-0.3, -0.25) is 4.79 Å². The van der Waals surface area contributed by atoms with Gasteiger partial charge >= 0.3 is 0 Å². The Balaban J connectivity index is 0.00000147. The zero-order valence-corrected chi connectivity index (χ0v) is 12.5. The lowest BCUT2D eigenvalue weighted by Gasteiger charge is -2.33. The van der Waals surface area contributed by atoms with Gasteiger partial charge in [0.25, 0.3) is 0 Å². The van der Waals surface area contributed by atoms with Crippen LogP contribution in [0, 0.1) is 11.8 Å². The minimum absolute atomic E-state index is 0. The molecule has 1 unspecified atom stereocenters. The first-order valence-corrected chi connectivity index (χ1v) is 7.39. The molecule has 1 saturated heterocycles. The van der Waals surface area contributed by atoms with E-state index < -0.39 is 0 Å². The van der Waals surface area contributed by atoms with Crippen molar-refractivity contribution in [3.05, 3.63) is 35.9 Å². The molecule has 1 aliphatic heterocycles. The largest absolute Gasteiger partial charge is 0.349 e. The quantitative estimate of drug-likeness (QED) is 0.877. The van der Waals surface area contributed by atoms with Crippen LogP contribution < -0.4 is 10.6 Å². The maximum Gasteiger partial charge on any atom is 0.226 e. The molecule has 1 aromatic rings. The molecule has 1 heterocycles. The standard InChI is InChI=1S/C16H22N2O.ClH/c19-16(14-10-17-11-14)18-15(9-12-5-4-6-12)13-7-2-1-3-8-13;/h1-3,7-8,12,14-15,17H,4-6,9-11H2,(H,18,19);1H. The second-order valence-electron chi connectivity index (χ2n) is 5.86. The molecule has 1 aromatic carbocycles. The number of benzene rings is 1. The highest BCUT2D eigenvalue weighted by atomic mass is 35.5. The van der Waals surface area contributed by atoms with Crippen molar-refractivity contribution in [1.29, 1.82) is 0 Å². The molecule has 1 aliphatic carbocycles. The van der Waals surface area contributed by atoms with E-state index in [0.29, 0.717) is 0 Å². The van der Waals surface area contributed by atoms with E-state index in [4.69, 9.17) is 0 Å². The first-order chi connectivity index (χ1) is 9.33. The van der Waals surface area contributed by atoms with Crippen molar-refractivity contribution in [3.63, 3.8) is 0 Å². The number of carbonyl (C=O) groups is 1. The number of hydrogen-bond acceptors (Lipinski definition) is 2. The molecular formula is C16H23ClN2O. The van der Waals surface area contributed by atoms with Gasteiger partial charge in [-0.25, -0.2) is 0 Å². The lowest BCUT2D eigenvalue weighted by atomic mass is 9.79. The summed E-state index contributed by atoms with van der Waals surface area (Å²) < 4.78 is 0. The van der Waals surface area contributed by atoms with Gasteiger partial charge in [-0.1, -0.05) is 49.6 Å². The maximum atomic E-state index is 12.1. The van der Waals surface area contributed by atoms with Crippen LogP contribution in [0.1, 0.15) is 37.3 Å². The highest BCUT2D eigenvalue weighted by molar-refractivity contribution is 5.85. The van der Waals surface area contributed by atoms with Crippen LogP contribution in [0.15, 0.2) is 30.3 Å². The van der Waals surface area contributed by atoms with E-state index in [-0.39, 0.29) is 30.3 Å². The fraction of sp³-hybridized carbons (Fsp3) is 0.562. The normalized spacial score (nSPS) is 20.2. The van der Waals surface area contributed by atoms with E-state index in [0.717, 1.165) is 25.4 Å². The third kappa shape index (κ3) is 3.53. The molecule has 0 radical (unpaired) electrons. The number of halogens is 1. The summed E-state index contributed by atoms with van der Waals surface area (Å²) in [6, 6.07) is 10.6. The van der Waals surface area contributed by atoms with Crippen molar-refractivity contribution in [2.45, 2.75) is 31.7 Å². The van der Waals surface area contributed by atoms with Gasteiger partial charge in [0, 0.05) is 13.1 Å². The van der Waals surface area contributed by atoms with E-state index in [1.807, 2.05) is 6.07 Å². The molecule has 1 saturated carbocycles. The Morgan fingerprint density at radius 1 is 1.25 bits per heavy atom. The van der Waals surface area contributed by atoms with Crippen LogP contribution in [0.2, 0.25) is 0 Å². The lowest BCUT2D eigenvalue weighted by Crippen LogP contribution is -2.51. The molecule has 2 aliphatic rings. The number of carbonyl (C=O) groups excluding carboxylic acids is 1. The number of hydrogen-bond donors (Lipinski definition) is 2. The van der Waals surface area contributed by atoms with Crippen LogP contribution in [-0.4, -0.2) is 19.0 Å². The van der Waals surface area contributed by atoms with Crippen LogP contribution in [-0.2, 0) is 4.79 Å². The molecule has 2 fully saturated rings. The van der Waals surface area contributed by atoms with Crippen LogP contribution in [0.5, 0.6) is 0 Å². The molecule has 110 valence electrons. The molecule has 20 heavy (non-hydrogen) atoms. The van der Waals surface area contributed by atoms with Crippen LogP contribution in [0.25, 0.3) is 0 Å². The van der Waals surface area contributed by atoms with E-state index in [2.05, 4.69) is 34.9 Å². The minimum Gasteiger partial charge on any atom is -0.349 e. The van der Waals surface area contributed by atoms with Gasteiger partial charge in [0.1, 0.15) is 0 Å². The summed E-state index contributed by atoms with van der Waals surface area (Å²) in [6.07, 6.45) is 5.09. The Morgan fingerprint density at radius 2 is 1.95 bits per heavy atom. The van der Waals surface area contributed by atoms with Gasteiger partial charge in [-0.15, -0.1) is 12.4 Å². The minimum atomic E-state index is 0. The summed E-state index contributed by atoms with van der Waals surface area (Å²) in [7, 11) is 0. The summed E-state index contributed by atoms with van der Waals surface area (Å²) >= 11 is 0. The summed E-state index contributed by atoms with van der Waals surface area (Å²) in [5.74, 6) is 1.18. The predicted octanol–water partition coefficient (Wildman–Crippen LogP) is 2.68. The highest BCUT2D eigenvalue weighted by Gasteiger charge is 2.29. The van der Waals surface area contributed by atoms with E-state index in [1.54, 1.807) is 0 Å². The number of nitrogens with one attached hydrogen (secondary N) is 2. The Morgan fingerprint density at radius 3 is 2.45 bits per heavy atom. The zero-order valence-electron chi connectivity index (χ0n) is 11.7. The zero-order chi connectivity index (χ0) is 13.1. The molecular weight excluding hydrogens is 272 g/mol. The Kier molecular flexibility index (Phi) is 5.44. The van der Waals surface area contributed by atoms with Crippen molar-refractivity contribution in [2.24, 2.45) is 11.8 Å². The molecule has 0 aromatic heterocycles. The lowest BCUT2D eigenvalue weighted by molar-refractivity contribution is -0.127. The summed E-state index contributed by atoms with van der Waals surface area (Å²) in [4.78, 5) is 12.1. The molecule has 2 N–H and O–H groups in total. The summed E-state index contributed by atoms with van der Waals surface area (Å²) in [5, 5.41) is 6.41.